The fourth-order valence-corrected chi connectivity index (χ4v) is 2.75. The molecule has 0 aliphatic rings. The highest BCUT2D eigenvalue weighted by molar-refractivity contribution is 7.16. The predicted octanol–water partition coefficient (Wildman–Crippen LogP) is 3.86. The van der Waals surface area contributed by atoms with Gasteiger partial charge in [-0.05, 0) is 29.8 Å². The number of hydrogen-bond donors (Lipinski definition) is 1. The van der Waals surface area contributed by atoms with E-state index in [-0.39, 0.29) is 11.6 Å². The molecule has 1 N–H and O–H groups in total. The molecule has 1 amide bonds. The number of amides is 1. The Morgan fingerprint density at radius 1 is 1.26 bits per heavy atom. The van der Waals surface area contributed by atoms with Crippen LogP contribution in [0.15, 0.2) is 54.1 Å². The van der Waals surface area contributed by atoms with Crippen LogP contribution in [0, 0.1) is 10.1 Å². The first-order chi connectivity index (χ1) is 11.1. The zero-order valence-electron chi connectivity index (χ0n) is 11.8. The van der Waals surface area contributed by atoms with Gasteiger partial charge >= 0.3 is 0 Å². The number of aromatic nitrogens is 1. The summed E-state index contributed by atoms with van der Waals surface area (Å²) in [5.74, 6) is -0.305. The molecular formula is C16H11N3O3S. The van der Waals surface area contributed by atoms with E-state index in [1.807, 2.05) is 12.1 Å². The zero-order chi connectivity index (χ0) is 16.2. The van der Waals surface area contributed by atoms with E-state index < -0.39 is 4.92 Å². The van der Waals surface area contributed by atoms with Crippen molar-refractivity contribution >= 4 is 44.9 Å². The van der Waals surface area contributed by atoms with Crippen molar-refractivity contribution in [2.45, 2.75) is 0 Å². The van der Waals surface area contributed by atoms with Gasteiger partial charge in [0.1, 0.15) is 0 Å². The molecule has 2 aromatic carbocycles. The second kappa shape index (κ2) is 6.37. The Morgan fingerprint density at radius 2 is 2.13 bits per heavy atom. The van der Waals surface area contributed by atoms with Crippen LogP contribution in [0.3, 0.4) is 0 Å². The molecule has 0 bridgehead atoms. The molecule has 1 aromatic heterocycles. The van der Waals surface area contributed by atoms with Gasteiger partial charge in [0.25, 0.3) is 5.69 Å². The van der Waals surface area contributed by atoms with Crippen LogP contribution in [0.2, 0.25) is 0 Å². The summed E-state index contributed by atoms with van der Waals surface area (Å²) in [6.07, 6.45) is 2.88. The molecule has 0 aliphatic heterocycles. The Hall–Kier alpha value is -3.06. The van der Waals surface area contributed by atoms with Crippen LogP contribution in [-0.4, -0.2) is 15.8 Å². The molecule has 3 rings (SSSR count). The number of carbonyl (C=O) groups excluding carboxylic acids is 1. The number of anilines is 1. The molecule has 114 valence electrons. The van der Waals surface area contributed by atoms with E-state index in [0.717, 1.165) is 10.2 Å². The van der Waals surface area contributed by atoms with E-state index in [4.69, 9.17) is 0 Å². The summed E-state index contributed by atoms with van der Waals surface area (Å²) < 4.78 is 0.991. The van der Waals surface area contributed by atoms with E-state index in [1.165, 1.54) is 35.6 Å². The van der Waals surface area contributed by atoms with Crippen molar-refractivity contribution in [2.75, 3.05) is 5.32 Å². The van der Waals surface area contributed by atoms with E-state index in [0.29, 0.717) is 11.3 Å². The fraction of sp³-hybridized carbons (Fsp3) is 0. The Morgan fingerprint density at radius 3 is 2.96 bits per heavy atom. The van der Waals surface area contributed by atoms with E-state index in [1.54, 1.807) is 23.7 Å². The minimum Gasteiger partial charge on any atom is -0.322 e. The highest BCUT2D eigenvalue weighted by atomic mass is 32.1. The molecule has 3 aromatic rings. The van der Waals surface area contributed by atoms with Gasteiger partial charge in [-0.3, -0.25) is 14.9 Å². The van der Waals surface area contributed by atoms with Gasteiger partial charge in [-0.2, -0.15) is 0 Å². The lowest BCUT2D eigenvalue weighted by Gasteiger charge is -2.01. The lowest BCUT2D eigenvalue weighted by atomic mass is 10.2. The first kappa shape index (κ1) is 14.9. The average Bonchev–Trinajstić information content (AvgIpc) is 3.01. The molecule has 1 heterocycles. The van der Waals surface area contributed by atoms with E-state index in [9.17, 15) is 14.9 Å². The standard InChI is InChI=1S/C16H11N3O3S/c20-16(7-4-11-2-1-3-13(8-11)19(21)22)18-12-5-6-14-15(9-12)23-10-17-14/h1-10H,(H,18,20)/b7-4+. The number of carbonyl (C=O) groups is 1. The largest absolute Gasteiger partial charge is 0.322 e. The minimum atomic E-state index is -0.471. The van der Waals surface area contributed by atoms with Crippen molar-refractivity contribution in [3.8, 4) is 0 Å². The first-order valence-electron chi connectivity index (χ1n) is 6.68. The fourth-order valence-electron chi connectivity index (χ4n) is 2.03. The second-order valence-electron chi connectivity index (χ2n) is 4.71. The number of hydrogen-bond acceptors (Lipinski definition) is 5. The summed E-state index contributed by atoms with van der Waals surface area (Å²) in [6.45, 7) is 0. The third-order valence-electron chi connectivity index (χ3n) is 3.11. The van der Waals surface area contributed by atoms with Crippen LogP contribution >= 0.6 is 11.3 Å². The number of non-ortho nitro benzene ring substituents is 1. The lowest BCUT2D eigenvalue weighted by Crippen LogP contribution is -2.07. The SMILES string of the molecule is O=C(/C=C/c1cccc([N+](=O)[O-])c1)Nc1ccc2ncsc2c1. The highest BCUT2D eigenvalue weighted by Crippen LogP contribution is 2.22. The topological polar surface area (TPSA) is 85.1 Å². The molecule has 0 aliphatic carbocycles. The quantitative estimate of drug-likeness (QED) is 0.448. The normalized spacial score (nSPS) is 11.0. The molecule has 0 fully saturated rings. The second-order valence-corrected chi connectivity index (χ2v) is 5.60. The Balaban J connectivity index is 1.71. The van der Waals surface area contributed by atoms with Crippen LogP contribution in [-0.2, 0) is 4.79 Å². The highest BCUT2D eigenvalue weighted by Gasteiger charge is 2.05. The third-order valence-corrected chi connectivity index (χ3v) is 3.90. The van der Waals surface area contributed by atoms with Gasteiger partial charge in [0.2, 0.25) is 5.91 Å². The molecule has 0 atom stereocenters. The van der Waals surface area contributed by atoms with Crippen molar-refractivity contribution < 1.29 is 9.72 Å². The zero-order valence-corrected chi connectivity index (χ0v) is 12.6. The van der Waals surface area contributed by atoms with Gasteiger partial charge < -0.3 is 5.32 Å². The van der Waals surface area contributed by atoms with Crippen molar-refractivity contribution in [2.24, 2.45) is 0 Å². The number of thiazole rings is 1. The summed E-state index contributed by atoms with van der Waals surface area (Å²) in [6, 6.07) is 11.6. The number of nitro benzene ring substituents is 1. The van der Waals surface area contributed by atoms with E-state index in [2.05, 4.69) is 10.3 Å². The van der Waals surface area contributed by atoms with Crippen LogP contribution in [0.1, 0.15) is 5.56 Å². The van der Waals surface area contributed by atoms with Crippen molar-refractivity contribution in [3.63, 3.8) is 0 Å². The van der Waals surface area contributed by atoms with Crippen molar-refractivity contribution in [3.05, 3.63) is 69.7 Å². The molecule has 7 heteroatoms. The maximum absolute atomic E-state index is 11.9. The number of fused-ring (bicyclic) bond motifs is 1. The molecule has 23 heavy (non-hydrogen) atoms. The van der Waals surface area contributed by atoms with Crippen LogP contribution < -0.4 is 5.32 Å². The van der Waals surface area contributed by atoms with Crippen molar-refractivity contribution in [1.82, 2.24) is 4.98 Å². The summed E-state index contributed by atoms with van der Waals surface area (Å²) in [7, 11) is 0. The lowest BCUT2D eigenvalue weighted by molar-refractivity contribution is -0.384. The maximum Gasteiger partial charge on any atom is 0.270 e. The van der Waals surface area contributed by atoms with E-state index >= 15 is 0 Å². The van der Waals surface area contributed by atoms with Crippen LogP contribution in [0.4, 0.5) is 11.4 Å². The average molecular weight is 325 g/mol. The molecule has 0 unspecified atom stereocenters. The Labute approximate surface area is 135 Å². The molecule has 6 nitrogen and oxygen atoms in total. The van der Waals surface area contributed by atoms with Gasteiger partial charge in [0.05, 0.1) is 20.7 Å². The number of nitro groups is 1. The van der Waals surface area contributed by atoms with Crippen molar-refractivity contribution in [1.29, 1.82) is 0 Å². The molecule has 0 spiro atoms. The van der Waals surface area contributed by atoms with Gasteiger partial charge in [-0.15, -0.1) is 11.3 Å². The van der Waals surface area contributed by atoms with Crippen LogP contribution in [0.25, 0.3) is 16.3 Å². The first-order valence-corrected chi connectivity index (χ1v) is 7.56. The number of rotatable bonds is 4. The van der Waals surface area contributed by atoms with Crippen LogP contribution in [0.5, 0.6) is 0 Å². The molecule has 0 saturated heterocycles. The minimum absolute atomic E-state index is 0.0109. The van der Waals surface area contributed by atoms with Gasteiger partial charge in [-0.25, -0.2) is 4.98 Å². The van der Waals surface area contributed by atoms with Gasteiger partial charge in [0.15, 0.2) is 0 Å². The third kappa shape index (κ3) is 3.58. The summed E-state index contributed by atoms with van der Waals surface area (Å²) in [5.41, 5.74) is 3.89. The van der Waals surface area contributed by atoms with Gasteiger partial charge in [-0.1, -0.05) is 12.1 Å². The number of nitrogens with zero attached hydrogens (tertiary/aromatic N) is 2. The van der Waals surface area contributed by atoms with Gasteiger partial charge in [0, 0.05) is 23.9 Å². The summed E-state index contributed by atoms with van der Waals surface area (Å²) >= 11 is 1.50. The molecule has 0 radical (unpaired) electrons. The smallest absolute Gasteiger partial charge is 0.270 e. The monoisotopic (exact) mass is 325 g/mol. The number of nitrogens with one attached hydrogen (secondary N) is 1. The maximum atomic E-state index is 11.9. The Kier molecular flexibility index (Phi) is 4.11. The Bertz CT molecular complexity index is 918. The summed E-state index contributed by atoms with van der Waals surface area (Å²) in [4.78, 5) is 26.4. The predicted molar refractivity (Wildman–Crippen MR) is 90.4 cm³/mol. The summed E-state index contributed by atoms with van der Waals surface area (Å²) in [5, 5.41) is 13.5. The molecular weight excluding hydrogens is 314 g/mol. The molecule has 0 saturated carbocycles. The number of benzene rings is 2.